The van der Waals surface area contributed by atoms with Gasteiger partial charge < -0.3 is 14.9 Å². The average molecular weight is 577 g/mol. The van der Waals surface area contributed by atoms with Crippen LogP contribution in [0.1, 0.15) is 83.5 Å². The highest BCUT2D eigenvalue weighted by Crippen LogP contribution is 2.34. The maximum Gasteiger partial charge on any atom is 0.198 e. The van der Waals surface area contributed by atoms with Crippen LogP contribution in [0.5, 0.6) is 5.75 Å². The van der Waals surface area contributed by atoms with Gasteiger partial charge in [-0.2, -0.15) is 0 Å². The minimum absolute atomic E-state index is 0.0588. The third-order valence-electron chi connectivity index (χ3n) is 7.17. The average Bonchev–Trinajstić information content (AvgIpc) is 3.25. The molecule has 37 heavy (non-hydrogen) atoms. The molecule has 1 aliphatic heterocycles. The zero-order chi connectivity index (χ0) is 26.9. The first-order chi connectivity index (χ1) is 17.9. The van der Waals surface area contributed by atoms with Crippen LogP contribution in [-0.4, -0.2) is 66.0 Å². The van der Waals surface area contributed by atoms with E-state index in [0.717, 1.165) is 38.2 Å². The first-order valence-electron chi connectivity index (χ1n) is 14.0. The van der Waals surface area contributed by atoms with Crippen molar-refractivity contribution in [2.45, 2.75) is 89.6 Å². The molecule has 210 valence electrons. The molecular weight excluding hydrogens is 531 g/mol. The van der Waals surface area contributed by atoms with Crippen molar-refractivity contribution in [2.24, 2.45) is 4.99 Å². The molecule has 0 saturated carbocycles. The van der Waals surface area contributed by atoms with E-state index >= 15 is 0 Å². The Balaban J connectivity index is 1.67. The van der Waals surface area contributed by atoms with Crippen molar-refractivity contribution in [1.29, 1.82) is 0 Å². The van der Waals surface area contributed by atoms with E-state index in [1.165, 1.54) is 64.2 Å². The number of benzene rings is 1. The molecule has 0 aliphatic carbocycles. The van der Waals surface area contributed by atoms with E-state index in [-0.39, 0.29) is 18.2 Å². The van der Waals surface area contributed by atoms with E-state index in [1.807, 2.05) is 6.08 Å². The monoisotopic (exact) mass is 575 g/mol. The van der Waals surface area contributed by atoms with Crippen LogP contribution in [0.3, 0.4) is 0 Å². The second kappa shape index (κ2) is 18.5. The van der Waals surface area contributed by atoms with Gasteiger partial charge in [0.1, 0.15) is 38.1 Å². The third kappa shape index (κ3) is 11.8. The van der Waals surface area contributed by atoms with Crippen molar-refractivity contribution in [3.05, 3.63) is 39.9 Å². The first-order valence-corrected chi connectivity index (χ1v) is 15.1. The van der Waals surface area contributed by atoms with E-state index < -0.39 is 6.10 Å². The molecule has 0 radical (unpaired) electrons. The summed E-state index contributed by atoms with van der Waals surface area (Å²) in [4.78, 5) is 4.78. The Bertz CT molecular complexity index is 814. The normalized spacial score (nSPS) is 18.1. The first kappa shape index (κ1) is 32.4. The minimum atomic E-state index is -0.718. The highest BCUT2D eigenvalue weighted by molar-refractivity contribution is 6.48. The highest BCUT2D eigenvalue weighted by Gasteiger charge is 2.39. The lowest BCUT2D eigenvalue weighted by atomic mass is 10.0. The van der Waals surface area contributed by atoms with Gasteiger partial charge in [-0.25, -0.2) is 4.99 Å². The number of aliphatic hydroxyl groups is 2. The summed E-state index contributed by atoms with van der Waals surface area (Å²) < 4.78 is 6.28. The van der Waals surface area contributed by atoms with Gasteiger partial charge in [-0.05, 0) is 19.3 Å². The second-order valence-corrected chi connectivity index (χ2v) is 11.4. The van der Waals surface area contributed by atoms with Crippen LogP contribution < -0.4 is 4.74 Å². The summed E-state index contributed by atoms with van der Waals surface area (Å²) in [6.45, 7) is 6.49. The van der Waals surface area contributed by atoms with Gasteiger partial charge >= 0.3 is 0 Å². The Labute approximate surface area is 239 Å². The molecule has 5 nitrogen and oxygen atoms in total. The number of halogens is 3. The number of rotatable bonds is 21. The van der Waals surface area contributed by atoms with Crippen LogP contribution in [-0.2, 0) is 0 Å². The fraction of sp³-hybridized carbons (Fsp3) is 0.690. The predicted octanol–water partition coefficient (Wildman–Crippen LogP) is 7.87. The standard InChI is InChI=1S/C29H46Cl3N2O3/c1-2-3-4-5-6-7-8-9-10-11-12-13-14-15-28-33-16-17-34(28,18-19-35)22-24(36)23-37-25-20-26(30)29(32)27(31)21-25/h2,20-21,24,35-36H,1,3-19,22-23H2/q+1. The van der Waals surface area contributed by atoms with E-state index in [2.05, 4.69) is 6.58 Å². The minimum Gasteiger partial charge on any atom is -0.491 e. The van der Waals surface area contributed by atoms with Gasteiger partial charge in [0.25, 0.3) is 0 Å². The number of nitrogens with zero attached hydrogens (tertiary/aromatic N) is 2. The van der Waals surface area contributed by atoms with Crippen LogP contribution in [0, 0.1) is 0 Å². The Morgan fingerprint density at radius 3 is 2.08 bits per heavy atom. The lowest BCUT2D eigenvalue weighted by Gasteiger charge is -2.36. The summed E-state index contributed by atoms with van der Waals surface area (Å²) in [5.74, 6) is 1.56. The summed E-state index contributed by atoms with van der Waals surface area (Å²) >= 11 is 18.1. The molecule has 1 aromatic carbocycles. The maximum atomic E-state index is 10.8. The lowest BCUT2D eigenvalue weighted by molar-refractivity contribution is -0.840. The molecule has 1 aromatic rings. The molecule has 0 spiro atoms. The van der Waals surface area contributed by atoms with Gasteiger partial charge in [0.15, 0.2) is 5.84 Å². The molecule has 0 bridgehead atoms. The number of ether oxygens (including phenoxy) is 1. The van der Waals surface area contributed by atoms with Crippen LogP contribution in [0.4, 0.5) is 0 Å². The maximum absolute atomic E-state index is 10.8. The Kier molecular flexibility index (Phi) is 16.2. The molecule has 2 N–H and O–H groups in total. The van der Waals surface area contributed by atoms with E-state index in [1.54, 1.807) is 12.1 Å². The van der Waals surface area contributed by atoms with E-state index in [0.29, 0.717) is 33.4 Å². The van der Waals surface area contributed by atoms with Gasteiger partial charge in [-0.1, -0.05) is 98.7 Å². The van der Waals surface area contributed by atoms with Crippen molar-refractivity contribution in [3.8, 4) is 5.75 Å². The molecule has 8 heteroatoms. The van der Waals surface area contributed by atoms with Crippen molar-refractivity contribution < 1.29 is 19.4 Å². The summed E-state index contributed by atoms with van der Waals surface area (Å²) in [6, 6.07) is 3.18. The number of hydrogen-bond acceptors (Lipinski definition) is 4. The van der Waals surface area contributed by atoms with Gasteiger partial charge in [-0.15, -0.1) is 6.58 Å². The van der Waals surface area contributed by atoms with Crippen molar-refractivity contribution in [3.63, 3.8) is 0 Å². The topological polar surface area (TPSA) is 62.1 Å². The van der Waals surface area contributed by atoms with E-state index in [9.17, 15) is 10.2 Å². The number of quaternary nitrogens is 1. The van der Waals surface area contributed by atoms with Crippen LogP contribution >= 0.6 is 34.8 Å². The summed E-state index contributed by atoms with van der Waals surface area (Å²) in [5, 5.41) is 21.5. The van der Waals surface area contributed by atoms with Crippen LogP contribution in [0.15, 0.2) is 29.8 Å². The molecule has 2 atom stereocenters. The van der Waals surface area contributed by atoms with Gasteiger partial charge in [-0.3, -0.25) is 4.48 Å². The predicted molar refractivity (Wildman–Crippen MR) is 157 cm³/mol. The number of hydrogen-bond donors (Lipinski definition) is 2. The Morgan fingerprint density at radius 1 is 0.946 bits per heavy atom. The molecule has 2 rings (SSSR count). The molecule has 2 unspecified atom stereocenters. The number of amidine groups is 1. The molecule has 0 aromatic heterocycles. The highest BCUT2D eigenvalue weighted by atomic mass is 35.5. The van der Waals surface area contributed by atoms with Crippen LogP contribution in [0.2, 0.25) is 15.1 Å². The molecule has 1 heterocycles. The number of allylic oxidation sites excluding steroid dienone is 1. The number of aliphatic imine (C=N–C) groups is 1. The fourth-order valence-electron chi connectivity index (χ4n) is 5.11. The number of aliphatic hydroxyl groups excluding tert-OH is 2. The molecule has 1 aliphatic rings. The number of unbranched alkanes of at least 4 members (excludes halogenated alkanes) is 11. The summed E-state index contributed by atoms with van der Waals surface area (Å²) in [6.07, 6.45) is 17.6. The molecule has 0 saturated heterocycles. The SMILES string of the molecule is C=CCCCCCCCCCCCCCC1=NCC[N+]1(CCO)CC(O)COc1cc(Cl)c(Cl)c(Cl)c1. The van der Waals surface area contributed by atoms with Crippen LogP contribution in [0.25, 0.3) is 0 Å². The molecule has 0 fully saturated rings. The molecular formula is C29H46Cl3N2O3+. The van der Waals surface area contributed by atoms with Gasteiger partial charge in [0.2, 0.25) is 0 Å². The largest absolute Gasteiger partial charge is 0.491 e. The Hall–Kier alpha value is -0.820. The second-order valence-electron chi connectivity index (χ2n) is 10.2. The van der Waals surface area contributed by atoms with Gasteiger partial charge in [0, 0.05) is 18.6 Å². The van der Waals surface area contributed by atoms with Crippen molar-refractivity contribution in [2.75, 3.05) is 39.4 Å². The smallest absolute Gasteiger partial charge is 0.198 e. The quantitative estimate of drug-likeness (QED) is 0.0677. The lowest BCUT2D eigenvalue weighted by Crippen LogP contribution is -2.56. The summed E-state index contributed by atoms with van der Waals surface area (Å²) in [5.41, 5.74) is 0. The fourth-order valence-corrected chi connectivity index (χ4v) is 5.69. The zero-order valence-corrected chi connectivity index (χ0v) is 24.6. The van der Waals surface area contributed by atoms with Crippen molar-refractivity contribution >= 4 is 40.6 Å². The molecule has 0 amide bonds. The zero-order valence-electron chi connectivity index (χ0n) is 22.3. The van der Waals surface area contributed by atoms with Gasteiger partial charge in [0.05, 0.1) is 28.2 Å². The van der Waals surface area contributed by atoms with Crippen molar-refractivity contribution in [1.82, 2.24) is 0 Å². The van der Waals surface area contributed by atoms with E-state index in [4.69, 9.17) is 44.5 Å². The Morgan fingerprint density at radius 2 is 1.51 bits per heavy atom. The third-order valence-corrected chi connectivity index (χ3v) is 8.36. The summed E-state index contributed by atoms with van der Waals surface area (Å²) in [7, 11) is 0.